The summed E-state index contributed by atoms with van der Waals surface area (Å²) < 4.78 is 41.0. The number of benzene rings is 1. The van der Waals surface area contributed by atoms with E-state index >= 15 is 0 Å². The summed E-state index contributed by atoms with van der Waals surface area (Å²) in [5.41, 5.74) is 6.47. The number of hydrogen-bond donors (Lipinski definition) is 3. The molecule has 0 radical (unpaired) electrons. The molecule has 1 aromatic carbocycles. The first kappa shape index (κ1) is 20.1. The predicted molar refractivity (Wildman–Crippen MR) is 106 cm³/mol. The van der Waals surface area contributed by atoms with Gasteiger partial charge in [0.1, 0.15) is 29.2 Å². The maximum atomic E-state index is 13.8. The largest absolute Gasteiger partial charge is 0.354 e. The molecule has 4 N–H and O–H groups in total. The molecule has 3 heterocycles. The first-order valence-electron chi connectivity index (χ1n) is 9.59. The molecule has 1 aliphatic heterocycles. The number of fused-ring (bicyclic) bond motifs is 1. The van der Waals surface area contributed by atoms with Gasteiger partial charge in [-0.05, 0) is 30.5 Å². The summed E-state index contributed by atoms with van der Waals surface area (Å²) in [6, 6.07) is 1.35. The Morgan fingerprint density at radius 2 is 2.07 bits per heavy atom. The number of rotatable bonds is 5. The summed E-state index contributed by atoms with van der Waals surface area (Å²) in [6.45, 7) is 2.98. The van der Waals surface area contributed by atoms with Crippen molar-refractivity contribution in [2.24, 2.45) is 5.73 Å². The Morgan fingerprint density at radius 3 is 2.83 bits per heavy atom. The Labute approximate surface area is 170 Å². The van der Waals surface area contributed by atoms with Gasteiger partial charge < -0.3 is 20.9 Å². The van der Waals surface area contributed by atoms with Crippen molar-refractivity contribution in [2.75, 3.05) is 24.5 Å². The lowest BCUT2D eigenvalue weighted by Crippen LogP contribution is -2.52. The molecule has 0 saturated carbocycles. The van der Waals surface area contributed by atoms with Crippen molar-refractivity contribution in [1.82, 2.24) is 20.3 Å². The van der Waals surface area contributed by atoms with Crippen LogP contribution in [0.5, 0.6) is 0 Å². The molecule has 1 fully saturated rings. The van der Waals surface area contributed by atoms with E-state index in [2.05, 4.69) is 20.3 Å². The fourth-order valence-corrected chi connectivity index (χ4v) is 3.83. The van der Waals surface area contributed by atoms with Crippen molar-refractivity contribution in [1.29, 1.82) is 0 Å². The number of H-pyrrole nitrogens is 1. The number of amides is 1. The van der Waals surface area contributed by atoms with Crippen LogP contribution in [0.4, 0.5) is 19.0 Å². The smallest absolute Gasteiger partial charge is 0.257 e. The third-order valence-electron chi connectivity index (χ3n) is 5.47. The van der Waals surface area contributed by atoms with Gasteiger partial charge in [-0.1, -0.05) is 6.92 Å². The fourth-order valence-electron chi connectivity index (χ4n) is 3.83. The second-order valence-corrected chi connectivity index (χ2v) is 7.52. The van der Waals surface area contributed by atoms with Gasteiger partial charge in [-0.2, -0.15) is 0 Å². The number of halogens is 3. The van der Waals surface area contributed by atoms with Crippen LogP contribution in [0.15, 0.2) is 24.7 Å². The topological polar surface area (TPSA) is 99.9 Å². The van der Waals surface area contributed by atoms with E-state index in [4.69, 9.17) is 5.73 Å². The molecule has 1 saturated heterocycles. The molecule has 3 aromatic rings. The maximum Gasteiger partial charge on any atom is 0.257 e. The third-order valence-corrected chi connectivity index (χ3v) is 5.47. The van der Waals surface area contributed by atoms with E-state index in [1.807, 2.05) is 18.0 Å². The predicted octanol–water partition coefficient (Wildman–Crippen LogP) is 2.28. The summed E-state index contributed by atoms with van der Waals surface area (Å²) in [4.78, 5) is 26.1. The molecule has 158 valence electrons. The molecule has 30 heavy (non-hydrogen) atoms. The van der Waals surface area contributed by atoms with Crippen molar-refractivity contribution in [2.45, 2.75) is 25.3 Å². The van der Waals surface area contributed by atoms with Crippen LogP contribution >= 0.6 is 0 Å². The van der Waals surface area contributed by atoms with E-state index in [0.717, 1.165) is 28.8 Å². The zero-order chi connectivity index (χ0) is 21.5. The summed E-state index contributed by atoms with van der Waals surface area (Å²) in [6.07, 6.45) is 4.71. The zero-order valence-electron chi connectivity index (χ0n) is 16.3. The lowest BCUT2D eigenvalue weighted by Gasteiger charge is -2.26. The Hall–Kier alpha value is -3.14. The number of nitrogens with zero attached hydrogens (tertiary/aromatic N) is 3. The van der Waals surface area contributed by atoms with Crippen LogP contribution in [-0.2, 0) is 6.42 Å². The summed E-state index contributed by atoms with van der Waals surface area (Å²) >= 11 is 0. The number of carbonyl (C=O) groups excluding carboxylic acids is 1. The number of nitrogens with two attached hydrogens (primary N) is 1. The number of aromatic amines is 1. The van der Waals surface area contributed by atoms with E-state index in [-0.39, 0.29) is 6.54 Å². The highest BCUT2D eigenvalue weighted by Gasteiger charge is 2.37. The zero-order valence-corrected chi connectivity index (χ0v) is 16.3. The lowest BCUT2D eigenvalue weighted by molar-refractivity contribution is 0.0935. The molecule has 0 unspecified atom stereocenters. The van der Waals surface area contributed by atoms with Crippen LogP contribution in [0, 0.1) is 17.5 Å². The highest BCUT2D eigenvalue weighted by Crippen LogP contribution is 2.31. The van der Waals surface area contributed by atoms with Gasteiger partial charge in [0.2, 0.25) is 0 Å². The van der Waals surface area contributed by atoms with Crippen LogP contribution in [0.1, 0.15) is 29.3 Å². The summed E-state index contributed by atoms with van der Waals surface area (Å²) in [5, 5.41) is 3.37. The van der Waals surface area contributed by atoms with Gasteiger partial charge in [0, 0.05) is 25.8 Å². The Kier molecular flexibility index (Phi) is 5.10. The van der Waals surface area contributed by atoms with Gasteiger partial charge in [-0.25, -0.2) is 23.1 Å². The van der Waals surface area contributed by atoms with E-state index in [9.17, 15) is 18.0 Å². The van der Waals surface area contributed by atoms with Gasteiger partial charge >= 0.3 is 0 Å². The Morgan fingerprint density at radius 1 is 1.30 bits per heavy atom. The van der Waals surface area contributed by atoms with Crippen LogP contribution < -0.4 is 16.0 Å². The van der Waals surface area contributed by atoms with Crippen LogP contribution in [-0.4, -0.2) is 46.0 Å². The van der Waals surface area contributed by atoms with E-state index in [0.29, 0.717) is 31.6 Å². The molecule has 10 heteroatoms. The quantitative estimate of drug-likeness (QED) is 0.552. The lowest BCUT2D eigenvalue weighted by atomic mass is 10.00. The molecule has 2 aromatic heterocycles. The average Bonchev–Trinajstić information content (AvgIpc) is 3.33. The summed E-state index contributed by atoms with van der Waals surface area (Å²) in [7, 11) is 0. The highest BCUT2D eigenvalue weighted by molar-refractivity contribution is 5.95. The first-order chi connectivity index (χ1) is 14.3. The molecule has 4 rings (SSSR count). The molecule has 0 bridgehead atoms. The van der Waals surface area contributed by atoms with Crippen molar-refractivity contribution in [3.63, 3.8) is 0 Å². The third kappa shape index (κ3) is 3.47. The average molecular weight is 418 g/mol. The standard InChI is InChI=1S/C20H21F3N6O/c1-2-11-7-25-17-14(11)18(28-10-27-17)29-6-5-20(24,9-29)8-26-19(30)15-12(21)3-4-13(22)16(15)23/h3-4,7,10H,2,5-6,8-9,24H2,1H3,(H,26,30)(H,25,27,28)/t20-/m0/s1. The monoisotopic (exact) mass is 418 g/mol. The number of aryl methyl sites for hydroxylation is 1. The molecular formula is C20H21F3N6O. The molecule has 0 aliphatic carbocycles. The van der Waals surface area contributed by atoms with E-state index < -0.39 is 34.5 Å². The van der Waals surface area contributed by atoms with Crippen LogP contribution in [0.25, 0.3) is 11.0 Å². The Balaban J connectivity index is 1.50. The second kappa shape index (κ2) is 7.60. The number of nitrogens with one attached hydrogen (secondary N) is 2. The minimum absolute atomic E-state index is 0.0281. The van der Waals surface area contributed by atoms with Gasteiger partial charge in [0.25, 0.3) is 5.91 Å². The minimum atomic E-state index is -1.52. The van der Waals surface area contributed by atoms with E-state index in [1.54, 1.807) is 0 Å². The molecule has 1 aliphatic rings. The van der Waals surface area contributed by atoms with Gasteiger partial charge in [0.05, 0.1) is 10.9 Å². The highest BCUT2D eigenvalue weighted by atomic mass is 19.2. The molecule has 0 spiro atoms. The van der Waals surface area contributed by atoms with Crippen molar-refractivity contribution < 1.29 is 18.0 Å². The maximum absolute atomic E-state index is 13.8. The molecule has 1 amide bonds. The summed E-state index contributed by atoms with van der Waals surface area (Å²) in [5.74, 6) is -4.24. The van der Waals surface area contributed by atoms with E-state index in [1.165, 1.54) is 6.33 Å². The Bertz CT molecular complexity index is 1120. The van der Waals surface area contributed by atoms with Crippen molar-refractivity contribution in [3.05, 3.63) is 53.2 Å². The van der Waals surface area contributed by atoms with Gasteiger partial charge in [-0.15, -0.1) is 0 Å². The van der Waals surface area contributed by atoms with Crippen LogP contribution in [0.2, 0.25) is 0 Å². The minimum Gasteiger partial charge on any atom is -0.354 e. The molecular weight excluding hydrogens is 397 g/mol. The SMILES string of the molecule is CCc1c[nH]c2ncnc(N3CC[C@](N)(CNC(=O)c4c(F)ccc(F)c4F)C3)c12. The normalized spacial score (nSPS) is 18.9. The second-order valence-electron chi connectivity index (χ2n) is 7.52. The van der Waals surface area contributed by atoms with Crippen molar-refractivity contribution in [3.8, 4) is 0 Å². The number of carbonyl (C=O) groups is 1. The fraction of sp³-hybridized carbons (Fsp3) is 0.350. The van der Waals surface area contributed by atoms with Crippen LogP contribution in [0.3, 0.4) is 0 Å². The molecule has 7 nitrogen and oxygen atoms in total. The molecule has 1 atom stereocenters. The number of hydrogen-bond acceptors (Lipinski definition) is 5. The number of anilines is 1. The van der Waals surface area contributed by atoms with Crippen molar-refractivity contribution >= 4 is 22.8 Å². The van der Waals surface area contributed by atoms with Gasteiger partial charge in [0.15, 0.2) is 11.6 Å². The number of aromatic nitrogens is 3. The van der Waals surface area contributed by atoms with Gasteiger partial charge in [-0.3, -0.25) is 4.79 Å². The first-order valence-corrected chi connectivity index (χ1v) is 9.59.